The number of urea groups is 1. The van der Waals surface area contributed by atoms with Crippen molar-refractivity contribution >= 4 is 29.4 Å². The molecular weight excluding hydrogens is 366 g/mol. The first-order chi connectivity index (χ1) is 14.1. The molecule has 3 N–H and O–H groups in total. The van der Waals surface area contributed by atoms with Crippen LogP contribution in [0.3, 0.4) is 0 Å². The van der Waals surface area contributed by atoms with E-state index in [1.165, 1.54) is 18.9 Å². The van der Waals surface area contributed by atoms with Gasteiger partial charge in [0.25, 0.3) is 0 Å². The minimum atomic E-state index is -0.282. The zero-order valence-corrected chi connectivity index (χ0v) is 16.6. The second-order valence-electron chi connectivity index (χ2n) is 6.98. The Labute approximate surface area is 171 Å². The molecule has 0 saturated heterocycles. The Kier molecular flexibility index (Phi) is 7.28. The number of carbonyl (C=O) groups excluding carboxylic acids is 2. The van der Waals surface area contributed by atoms with Gasteiger partial charge < -0.3 is 20.7 Å². The molecule has 1 aliphatic rings. The molecule has 1 saturated carbocycles. The molecule has 1 fully saturated rings. The summed E-state index contributed by atoms with van der Waals surface area (Å²) in [6.45, 7) is 2.39. The Bertz CT molecular complexity index is 873. The molecule has 0 heterocycles. The van der Waals surface area contributed by atoms with Crippen LogP contribution in [0.5, 0.6) is 5.75 Å². The molecule has 0 unspecified atom stereocenters. The fourth-order valence-corrected chi connectivity index (χ4v) is 3.26. The van der Waals surface area contributed by atoms with E-state index in [9.17, 15) is 9.59 Å². The van der Waals surface area contributed by atoms with Gasteiger partial charge in [-0.15, -0.1) is 0 Å². The summed E-state index contributed by atoms with van der Waals surface area (Å²) in [6, 6.07) is 14.5. The molecule has 6 nitrogen and oxygen atoms in total. The first-order valence-corrected chi connectivity index (χ1v) is 10.0. The highest BCUT2D eigenvalue weighted by Crippen LogP contribution is 2.25. The van der Waals surface area contributed by atoms with E-state index in [2.05, 4.69) is 16.0 Å². The van der Waals surface area contributed by atoms with Gasteiger partial charge in [-0.1, -0.05) is 18.2 Å². The zero-order chi connectivity index (χ0) is 20.5. The van der Waals surface area contributed by atoms with Crippen molar-refractivity contribution in [2.45, 2.75) is 38.7 Å². The number of rotatable bonds is 7. The van der Waals surface area contributed by atoms with Gasteiger partial charge in [0, 0.05) is 24.0 Å². The highest BCUT2D eigenvalue weighted by molar-refractivity contribution is 6.02. The molecule has 1 aliphatic carbocycles. The third-order valence-corrected chi connectivity index (χ3v) is 4.62. The van der Waals surface area contributed by atoms with Gasteiger partial charge >= 0.3 is 6.03 Å². The van der Waals surface area contributed by atoms with Gasteiger partial charge in [-0.3, -0.25) is 4.79 Å². The van der Waals surface area contributed by atoms with Crippen molar-refractivity contribution in [2.75, 3.05) is 17.2 Å². The molecule has 2 aromatic rings. The van der Waals surface area contributed by atoms with Crippen LogP contribution in [0.4, 0.5) is 16.2 Å². The van der Waals surface area contributed by atoms with Crippen LogP contribution < -0.4 is 20.7 Å². The van der Waals surface area contributed by atoms with Gasteiger partial charge in [0.1, 0.15) is 5.75 Å². The van der Waals surface area contributed by atoms with E-state index in [1.807, 2.05) is 31.2 Å². The van der Waals surface area contributed by atoms with E-state index in [0.29, 0.717) is 24.0 Å². The van der Waals surface area contributed by atoms with Crippen LogP contribution >= 0.6 is 0 Å². The van der Waals surface area contributed by atoms with E-state index in [-0.39, 0.29) is 11.9 Å². The standard InChI is InChI=1S/C23H27N3O3/c1-2-24-23(28)26-19-9-6-8-18(16-19)25-22(27)14-13-17-7-5-12-21(15-17)29-20-10-3-4-11-20/h5-9,12-16,20H,2-4,10-11H2,1H3,(H,25,27)(H2,24,26,28)/b14-13+. The molecule has 0 radical (unpaired) electrons. The molecule has 3 amide bonds. The number of hydrogen-bond acceptors (Lipinski definition) is 3. The lowest BCUT2D eigenvalue weighted by Crippen LogP contribution is -2.28. The van der Waals surface area contributed by atoms with Crippen LogP contribution in [-0.2, 0) is 4.79 Å². The summed E-state index contributed by atoms with van der Waals surface area (Å²) in [5.74, 6) is 0.589. The summed E-state index contributed by atoms with van der Waals surface area (Å²) in [7, 11) is 0. The van der Waals surface area contributed by atoms with Crippen molar-refractivity contribution in [1.29, 1.82) is 0 Å². The van der Waals surface area contributed by atoms with Gasteiger partial charge in [-0.25, -0.2) is 4.79 Å². The summed E-state index contributed by atoms with van der Waals surface area (Å²) in [5.41, 5.74) is 2.11. The first-order valence-electron chi connectivity index (χ1n) is 10.0. The van der Waals surface area contributed by atoms with Gasteiger partial charge in [-0.05, 0) is 74.6 Å². The van der Waals surface area contributed by atoms with E-state index in [1.54, 1.807) is 30.3 Å². The SMILES string of the molecule is CCNC(=O)Nc1cccc(NC(=O)/C=C/c2cccc(OC3CCCC3)c2)c1. The summed E-state index contributed by atoms with van der Waals surface area (Å²) in [6.07, 6.45) is 8.21. The molecule has 0 aliphatic heterocycles. The monoisotopic (exact) mass is 393 g/mol. The normalized spacial score (nSPS) is 14.0. The molecule has 0 aromatic heterocycles. The van der Waals surface area contributed by atoms with Gasteiger partial charge in [0.15, 0.2) is 0 Å². The zero-order valence-electron chi connectivity index (χ0n) is 16.6. The summed E-state index contributed by atoms with van der Waals surface area (Å²) in [4.78, 5) is 23.9. The fourth-order valence-electron chi connectivity index (χ4n) is 3.26. The summed E-state index contributed by atoms with van der Waals surface area (Å²) >= 11 is 0. The van der Waals surface area contributed by atoms with Crippen molar-refractivity contribution in [1.82, 2.24) is 5.32 Å². The minimum absolute atomic E-state index is 0.248. The number of hydrogen-bond donors (Lipinski definition) is 3. The summed E-state index contributed by atoms with van der Waals surface area (Å²) < 4.78 is 6.01. The predicted octanol–water partition coefficient (Wildman–Crippen LogP) is 4.80. The molecule has 152 valence electrons. The van der Waals surface area contributed by atoms with Crippen molar-refractivity contribution < 1.29 is 14.3 Å². The quantitative estimate of drug-likeness (QED) is 0.591. The van der Waals surface area contributed by atoms with Crippen molar-refractivity contribution in [3.8, 4) is 5.75 Å². The molecular formula is C23H27N3O3. The number of ether oxygens (including phenoxy) is 1. The van der Waals surface area contributed by atoms with Gasteiger partial charge in [-0.2, -0.15) is 0 Å². The highest BCUT2D eigenvalue weighted by Gasteiger charge is 2.16. The molecule has 29 heavy (non-hydrogen) atoms. The second-order valence-corrected chi connectivity index (χ2v) is 6.98. The van der Waals surface area contributed by atoms with Crippen LogP contribution in [0, 0.1) is 0 Å². The molecule has 2 aromatic carbocycles. The Balaban J connectivity index is 1.56. The summed E-state index contributed by atoms with van der Waals surface area (Å²) in [5, 5.41) is 8.18. The maximum absolute atomic E-state index is 12.3. The van der Waals surface area contributed by atoms with Crippen LogP contribution in [0.25, 0.3) is 6.08 Å². The molecule has 0 bridgehead atoms. The molecule has 0 atom stereocenters. The maximum Gasteiger partial charge on any atom is 0.319 e. The minimum Gasteiger partial charge on any atom is -0.490 e. The van der Waals surface area contributed by atoms with Gasteiger partial charge in [0.2, 0.25) is 5.91 Å². The molecule has 0 spiro atoms. The lowest BCUT2D eigenvalue weighted by Gasteiger charge is -2.13. The van der Waals surface area contributed by atoms with Crippen molar-refractivity contribution in [3.63, 3.8) is 0 Å². The molecule has 3 rings (SSSR count). The smallest absolute Gasteiger partial charge is 0.319 e. The topological polar surface area (TPSA) is 79.5 Å². The van der Waals surface area contributed by atoms with Crippen LogP contribution in [-0.4, -0.2) is 24.6 Å². The number of benzene rings is 2. The first kappa shape index (κ1) is 20.5. The van der Waals surface area contributed by atoms with Crippen molar-refractivity contribution in [2.24, 2.45) is 0 Å². The van der Waals surface area contributed by atoms with Crippen LogP contribution in [0.2, 0.25) is 0 Å². The predicted molar refractivity (Wildman–Crippen MR) is 116 cm³/mol. The highest BCUT2D eigenvalue weighted by atomic mass is 16.5. The average Bonchev–Trinajstić information content (AvgIpc) is 3.20. The number of amides is 3. The van der Waals surface area contributed by atoms with E-state index < -0.39 is 0 Å². The second kappa shape index (κ2) is 10.3. The number of carbonyl (C=O) groups is 2. The third kappa shape index (κ3) is 6.68. The van der Waals surface area contributed by atoms with E-state index in [0.717, 1.165) is 24.2 Å². The Hall–Kier alpha value is -3.28. The Morgan fingerprint density at radius 3 is 2.52 bits per heavy atom. The van der Waals surface area contributed by atoms with Crippen molar-refractivity contribution in [3.05, 3.63) is 60.2 Å². The largest absolute Gasteiger partial charge is 0.490 e. The maximum atomic E-state index is 12.3. The average molecular weight is 393 g/mol. The van der Waals surface area contributed by atoms with Crippen LogP contribution in [0.15, 0.2) is 54.6 Å². The number of nitrogens with one attached hydrogen (secondary N) is 3. The third-order valence-electron chi connectivity index (χ3n) is 4.62. The lowest BCUT2D eigenvalue weighted by molar-refractivity contribution is -0.111. The van der Waals surface area contributed by atoms with E-state index in [4.69, 9.17) is 4.74 Å². The Morgan fingerprint density at radius 1 is 1.03 bits per heavy atom. The Morgan fingerprint density at radius 2 is 1.76 bits per heavy atom. The molecule has 6 heteroatoms. The van der Waals surface area contributed by atoms with Crippen LogP contribution in [0.1, 0.15) is 38.2 Å². The van der Waals surface area contributed by atoms with Gasteiger partial charge in [0.05, 0.1) is 6.10 Å². The number of anilines is 2. The lowest BCUT2D eigenvalue weighted by atomic mass is 10.2. The van der Waals surface area contributed by atoms with E-state index >= 15 is 0 Å². The fraction of sp³-hybridized carbons (Fsp3) is 0.304.